The summed E-state index contributed by atoms with van der Waals surface area (Å²) in [4.78, 5) is 0. The van der Waals surface area contributed by atoms with Crippen LogP contribution in [0.15, 0.2) is 39.4 Å². The normalized spacial score (nSPS) is 12.6. The molecule has 2 aromatic rings. The number of hydrogen-bond acceptors (Lipinski definition) is 4. The van der Waals surface area contributed by atoms with E-state index < -0.39 is 0 Å². The van der Waals surface area contributed by atoms with Crippen molar-refractivity contribution in [2.45, 2.75) is 19.0 Å². The van der Waals surface area contributed by atoms with Crippen LogP contribution in [-0.2, 0) is 17.7 Å². The number of nitrogens with zero attached hydrogens (tertiary/aromatic N) is 2. The van der Waals surface area contributed by atoms with Crippen LogP contribution in [0.1, 0.15) is 17.3 Å². The van der Waals surface area contributed by atoms with Gasteiger partial charge in [-0.25, -0.2) is 0 Å². The first-order valence-electron chi connectivity index (χ1n) is 6.57. The molecule has 0 amide bonds. The van der Waals surface area contributed by atoms with E-state index in [1.807, 2.05) is 22.9 Å². The molecule has 114 valence electrons. The fourth-order valence-electron chi connectivity index (χ4n) is 2.19. The zero-order valence-electron chi connectivity index (χ0n) is 11.7. The predicted molar refractivity (Wildman–Crippen MR) is 89.7 cm³/mol. The maximum absolute atomic E-state index is 5.77. The molecule has 1 heterocycles. The molecule has 0 radical (unpaired) electrons. The van der Waals surface area contributed by atoms with Crippen LogP contribution < -0.4 is 11.3 Å². The lowest BCUT2D eigenvalue weighted by Crippen LogP contribution is -2.32. The highest BCUT2D eigenvalue weighted by atomic mass is 79.9. The van der Waals surface area contributed by atoms with Gasteiger partial charge in [-0.1, -0.05) is 34.1 Å². The summed E-state index contributed by atoms with van der Waals surface area (Å²) in [7, 11) is 1.68. The van der Waals surface area contributed by atoms with Gasteiger partial charge in [0.25, 0.3) is 0 Å². The molecule has 0 bridgehead atoms. The Balaban J connectivity index is 2.25. The van der Waals surface area contributed by atoms with Crippen molar-refractivity contribution >= 4 is 31.9 Å². The number of ether oxygens (including phenoxy) is 1. The molecule has 21 heavy (non-hydrogen) atoms. The Morgan fingerprint density at radius 1 is 1.33 bits per heavy atom. The Kier molecular flexibility index (Phi) is 6.38. The summed E-state index contributed by atoms with van der Waals surface area (Å²) < 4.78 is 9.05. The van der Waals surface area contributed by atoms with Gasteiger partial charge in [-0.2, -0.15) is 5.10 Å². The molecule has 2 rings (SSSR count). The molecule has 1 unspecified atom stereocenters. The van der Waals surface area contributed by atoms with Crippen molar-refractivity contribution < 1.29 is 4.74 Å². The average Bonchev–Trinajstić information content (AvgIpc) is 2.85. The number of rotatable bonds is 7. The number of benzene rings is 1. The van der Waals surface area contributed by atoms with E-state index in [1.54, 1.807) is 13.3 Å². The molecule has 1 aromatic carbocycles. The van der Waals surface area contributed by atoms with Crippen LogP contribution >= 0.6 is 31.9 Å². The van der Waals surface area contributed by atoms with Gasteiger partial charge >= 0.3 is 0 Å². The summed E-state index contributed by atoms with van der Waals surface area (Å²) >= 11 is 7.12. The zero-order chi connectivity index (χ0) is 15.2. The van der Waals surface area contributed by atoms with Gasteiger partial charge in [0.05, 0.1) is 35.6 Å². The van der Waals surface area contributed by atoms with Crippen molar-refractivity contribution in [1.82, 2.24) is 15.2 Å². The van der Waals surface area contributed by atoms with E-state index in [9.17, 15) is 0 Å². The van der Waals surface area contributed by atoms with Crippen LogP contribution in [0.3, 0.4) is 0 Å². The number of hydrazine groups is 1. The molecule has 1 atom stereocenters. The number of methoxy groups -OCH3 is 1. The van der Waals surface area contributed by atoms with Crippen molar-refractivity contribution in [2.75, 3.05) is 13.7 Å². The van der Waals surface area contributed by atoms with Gasteiger partial charge in [-0.05, 0) is 34.0 Å². The number of halogens is 2. The average molecular weight is 418 g/mol. The van der Waals surface area contributed by atoms with Crippen molar-refractivity contribution in [3.05, 3.63) is 50.7 Å². The van der Waals surface area contributed by atoms with Crippen LogP contribution in [0, 0.1) is 0 Å². The first-order chi connectivity index (χ1) is 10.2. The zero-order valence-corrected chi connectivity index (χ0v) is 14.9. The Labute approximate surface area is 141 Å². The second-order valence-corrected chi connectivity index (χ2v) is 6.32. The molecule has 0 spiro atoms. The summed E-state index contributed by atoms with van der Waals surface area (Å²) in [6.45, 7) is 1.29. The number of nitrogens with two attached hydrogens (primary N) is 1. The molecular formula is C14H18Br2N4O. The molecule has 0 saturated carbocycles. The highest BCUT2D eigenvalue weighted by molar-refractivity contribution is 9.10. The first-order valence-corrected chi connectivity index (χ1v) is 8.15. The monoisotopic (exact) mass is 416 g/mol. The largest absolute Gasteiger partial charge is 0.383 e. The van der Waals surface area contributed by atoms with Crippen LogP contribution in [0.25, 0.3) is 0 Å². The van der Waals surface area contributed by atoms with Gasteiger partial charge < -0.3 is 4.74 Å². The predicted octanol–water partition coefficient (Wildman–Crippen LogP) is 2.80. The van der Waals surface area contributed by atoms with Gasteiger partial charge in [0.15, 0.2) is 0 Å². The third-order valence-corrected chi connectivity index (χ3v) is 4.64. The fourth-order valence-corrected chi connectivity index (χ4v) is 3.21. The van der Waals surface area contributed by atoms with E-state index >= 15 is 0 Å². The number of nitrogens with one attached hydrogen (secondary N) is 1. The molecule has 0 aliphatic rings. The fraction of sp³-hybridized carbons (Fsp3) is 0.357. The smallest absolute Gasteiger partial charge is 0.0713 e. The SMILES string of the molecule is COCCn1ncc(Br)c1C(Cc1ccccc1Br)NN. The summed E-state index contributed by atoms with van der Waals surface area (Å²) in [5.74, 6) is 5.77. The molecule has 0 aliphatic carbocycles. The van der Waals surface area contributed by atoms with Crippen LogP contribution in [0.5, 0.6) is 0 Å². The lowest BCUT2D eigenvalue weighted by Gasteiger charge is -2.19. The molecule has 3 N–H and O–H groups in total. The minimum Gasteiger partial charge on any atom is -0.383 e. The van der Waals surface area contributed by atoms with E-state index in [4.69, 9.17) is 10.6 Å². The molecule has 5 nitrogen and oxygen atoms in total. The summed E-state index contributed by atoms with van der Waals surface area (Å²) in [6, 6.07) is 8.08. The Morgan fingerprint density at radius 2 is 2.10 bits per heavy atom. The topological polar surface area (TPSA) is 65.1 Å². The van der Waals surface area contributed by atoms with Gasteiger partial charge in [0.2, 0.25) is 0 Å². The minimum atomic E-state index is -0.0440. The standard InChI is InChI=1S/C14H18Br2N4O/c1-21-7-6-20-14(12(16)9-18-20)13(19-17)8-10-4-2-3-5-11(10)15/h2-5,9,13,19H,6-8,17H2,1H3. The van der Waals surface area contributed by atoms with Crippen molar-refractivity contribution in [3.8, 4) is 0 Å². The summed E-state index contributed by atoms with van der Waals surface area (Å²) in [5, 5.41) is 4.37. The van der Waals surface area contributed by atoms with Gasteiger partial charge in [0, 0.05) is 11.6 Å². The van der Waals surface area contributed by atoms with E-state index in [2.05, 4.69) is 48.5 Å². The summed E-state index contributed by atoms with van der Waals surface area (Å²) in [5.41, 5.74) is 5.09. The van der Waals surface area contributed by atoms with Crippen molar-refractivity contribution in [1.29, 1.82) is 0 Å². The molecule has 7 heteroatoms. The maximum atomic E-state index is 5.77. The quantitative estimate of drug-likeness (QED) is 0.537. The van der Waals surface area contributed by atoms with Crippen LogP contribution in [-0.4, -0.2) is 23.5 Å². The second-order valence-electron chi connectivity index (χ2n) is 4.61. The highest BCUT2D eigenvalue weighted by Gasteiger charge is 2.20. The molecule has 0 fully saturated rings. The molecule has 1 aromatic heterocycles. The van der Waals surface area contributed by atoms with Crippen LogP contribution in [0.4, 0.5) is 0 Å². The Bertz CT molecular complexity index is 588. The summed E-state index contributed by atoms with van der Waals surface area (Å²) in [6.07, 6.45) is 2.55. The van der Waals surface area contributed by atoms with E-state index in [-0.39, 0.29) is 6.04 Å². The number of hydrogen-bond donors (Lipinski definition) is 2. The lowest BCUT2D eigenvalue weighted by atomic mass is 10.0. The van der Waals surface area contributed by atoms with Gasteiger partial charge in [-0.3, -0.25) is 16.0 Å². The second kappa shape index (κ2) is 8.05. The maximum Gasteiger partial charge on any atom is 0.0713 e. The first kappa shape index (κ1) is 16.6. The molecular weight excluding hydrogens is 400 g/mol. The molecule has 0 aliphatic heterocycles. The highest BCUT2D eigenvalue weighted by Crippen LogP contribution is 2.28. The van der Waals surface area contributed by atoms with Crippen molar-refractivity contribution in [2.24, 2.45) is 5.84 Å². The van der Waals surface area contributed by atoms with E-state index in [0.717, 1.165) is 21.1 Å². The van der Waals surface area contributed by atoms with Gasteiger partial charge in [-0.15, -0.1) is 0 Å². The van der Waals surface area contributed by atoms with E-state index in [1.165, 1.54) is 5.56 Å². The Hall–Kier alpha value is -0.730. The van der Waals surface area contributed by atoms with E-state index in [0.29, 0.717) is 13.2 Å². The van der Waals surface area contributed by atoms with Crippen LogP contribution in [0.2, 0.25) is 0 Å². The lowest BCUT2D eigenvalue weighted by molar-refractivity contribution is 0.181. The van der Waals surface area contributed by atoms with Crippen molar-refractivity contribution in [3.63, 3.8) is 0 Å². The number of aromatic nitrogens is 2. The Morgan fingerprint density at radius 3 is 2.76 bits per heavy atom. The third-order valence-electron chi connectivity index (χ3n) is 3.25. The third kappa shape index (κ3) is 4.14. The molecule has 0 saturated heterocycles. The van der Waals surface area contributed by atoms with Gasteiger partial charge in [0.1, 0.15) is 0 Å². The minimum absolute atomic E-state index is 0.0440.